The van der Waals surface area contributed by atoms with E-state index in [-0.39, 0.29) is 30.0 Å². The molecule has 0 spiro atoms. The minimum Gasteiger partial charge on any atom is -0.468 e. The molecule has 8 bridgehead atoms. The molecule has 10 heteroatoms. The number of aromatic amines is 3. The van der Waals surface area contributed by atoms with Gasteiger partial charge in [-0.05, 0) is 79.9 Å². The molecule has 5 atom stereocenters. The van der Waals surface area contributed by atoms with E-state index in [9.17, 15) is 19.2 Å². The first-order chi connectivity index (χ1) is 27.4. The molecule has 6 rings (SSSR count). The van der Waals surface area contributed by atoms with E-state index in [1.807, 2.05) is 39.0 Å². The van der Waals surface area contributed by atoms with Crippen molar-refractivity contribution < 1.29 is 28.7 Å². The predicted octanol–water partition coefficient (Wildman–Crippen LogP) is 7.83. The molecule has 0 aromatic carbocycles. The van der Waals surface area contributed by atoms with Crippen molar-refractivity contribution in [2.45, 2.75) is 106 Å². The van der Waals surface area contributed by atoms with Gasteiger partial charge < -0.3 is 29.7 Å². The summed E-state index contributed by atoms with van der Waals surface area (Å²) in [6, 6.07) is 0. The fourth-order valence-electron chi connectivity index (χ4n) is 9.26. The van der Waals surface area contributed by atoms with E-state index in [2.05, 4.69) is 60.6 Å². The van der Waals surface area contributed by atoms with Crippen LogP contribution in [0.2, 0.25) is 0 Å². The van der Waals surface area contributed by atoms with Crippen molar-refractivity contribution in [3.05, 3.63) is 84.8 Å². The number of rotatable bonds is 16. The lowest BCUT2D eigenvalue weighted by atomic mass is 9.85. The minimum absolute atomic E-state index is 0.118. The fraction of sp³-hybridized carbons (Fsp3) is 0.489. The fourth-order valence-corrected chi connectivity index (χ4v) is 9.26. The maximum atomic E-state index is 14.3. The van der Waals surface area contributed by atoms with Gasteiger partial charge >= 0.3 is 11.9 Å². The van der Waals surface area contributed by atoms with Gasteiger partial charge in [-0.15, -0.1) is 0 Å². The Morgan fingerprint density at radius 1 is 0.912 bits per heavy atom. The standard InChI is InChI=1S/C47H60N4O6/c1-10-14-25(4)15-13-16-26(5)19-20-57-40(53)18-17-32-28(7)35-21-34-27(6)30(11-2)37(48-34)23-39-33(24-52)31(12-3)38(49-39)22-36-29(8)41-45(51-36)42(44(32)50-35)43(46(41)54)47(55)56-9/h11,21-26,28,32,43,48-51H,2,10,12-20H2,1,3-9H3/b35-21-,38-22-,39-23-,44-42-/t25-,26?,28+,32+,43-/m1/s1. The number of ether oxygens (including phenoxy) is 2. The Balaban J connectivity index is 1.41. The van der Waals surface area contributed by atoms with Crippen molar-refractivity contribution >= 4 is 53.9 Å². The number of Topliss-reactive ketones (excluding diaryl/α,β-unsaturated/α-hetero) is 1. The SMILES string of the molecule is C=Cc1c2[nH]c(c1C)/C=C1\N/C(=C3\c4[nH]c(c(C)c4C(=O)[C@@H]3C(=O)OC)/C=c3\[nH]/c(c(C=O)c3CC)=C\2)[C@@H](CCC(=O)OCCC(C)CCC[C@H](C)CCC)[C@@H]1C. The smallest absolute Gasteiger partial charge is 0.321 e. The molecular formula is C47H60N4O6. The number of nitrogens with one attached hydrogen (secondary N) is 4. The zero-order chi connectivity index (χ0) is 41.1. The molecule has 1 aliphatic carbocycles. The third-order valence-electron chi connectivity index (χ3n) is 12.7. The molecule has 304 valence electrons. The maximum absolute atomic E-state index is 14.3. The number of H-pyrrole nitrogens is 3. The molecule has 3 aromatic heterocycles. The van der Waals surface area contributed by atoms with Gasteiger partial charge in [-0.1, -0.05) is 79.4 Å². The van der Waals surface area contributed by atoms with Crippen molar-refractivity contribution in [3.8, 4) is 0 Å². The normalized spacial score (nSPS) is 22.7. The molecule has 2 aliphatic heterocycles. The van der Waals surface area contributed by atoms with Crippen molar-refractivity contribution in [3.63, 3.8) is 0 Å². The van der Waals surface area contributed by atoms with Crippen molar-refractivity contribution in [2.75, 3.05) is 13.7 Å². The molecule has 57 heavy (non-hydrogen) atoms. The summed E-state index contributed by atoms with van der Waals surface area (Å²) in [6.45, 7) is 19.3. The van der Waals surface area contributed by atoms with Crippen LogP contribution in [0.25, 0.3) is 29.9 Å². The zero-order valence-electron chi connectivity index (χ0n) is 35.0. The first kappa shape index (κ1) is 41.5. The summed E-state index contributed by atoms with van der Waals surface area (Å²) in [5.74, 6) is -1.54. The van der Waals surface area contributed by atoms with Crippen LogP contribution >= 0.6 is 0 Å². The number of fused-ring (bicyclic) bond motifs is 7. The second kappa shape index (κ2) is 17.6. The Labute approximate surface area is 336 Å². The number of methoxy groups -OCH3 is 1. The highest BCUT2D eigenvalue weighted by atomic mass is 16.5. The average molecular weight is 777 g/mol. The van der Waals surface area contributed by atoms with E-state index < -0.39 is 11.9 Å². The number of carbonyl (C=O) groups excluding carboxylic acids is 4. The van der Waals surface area contributed by atoms with Crippen LogP contribution in [-0.2, 0) is 25.5 Å². The third kappa shape index (κ3) is 8.05. The van der Waals surface area contributed by atoms with Crippen LogP contribution in [0.3, 0.4) is 0 Å². The van der Waals surface area contributed by atoms with Crippen LogP contribution in [0.15, 0.2) is 18.0 Å². The summed E-state index contributed by atoms with van der Waals surface area (Å²) in [7, 11) is 1.30. The number of esters is 2. The second-order valence-electron chi connectivity index (χ2n) is 16.5. The summed E-state index contributed by atoms with van der Waals surface area (Å²) >= 11 is 0. The monoisotopic (exact) mass is 776 g/mol. The van der Waals surface area contributed by atoms with Crippen LogP contribution < -0.4 is 16.0 Å². The molecule has 10 nitrogen and oxygen atoms in total. The highest BCUT2D eigenvalue weighted by Crippen LogP contribution is 2.48. The number of hydrogen-bond donors (Lipinski definition) is 4. The van der Waals surface area contributed by atoms with Crippen LogP contribution in [0, 0.1) is 43.4 Å². The molecule has 1 saturated heterocycles. The largest absolute Gasteiger partial charge is 0.468 e. The second-order valence-corrected chi connectivity index (χ2v) is 16.5. The van der Waals surface area contributed by atoms with Crippen LogP contribution in [0.1, 0.15) is 152 Å². The molecule has 0 amide bonds. The van der Waals surface area contributed by atoms with E-state index in [1.54, 1.807) is 0 Å². The van der Waals surface area contributed by atoms with E-state index in [4.69, 9.17) is 9.47 Å². The van der Waals surface area contributed by atoms with Gasteiger partial charge in [0.2, 0.25) is 0 Å². The number of hydrogen-bond acceptors (Lipinski definition) is 7. The van der Waals surface area contributed by atoms with Crippen molar-refractivity contribution in [2.24, 2.45) is 29.6 Å². The van der Waals surface area contributed by atoms with Crippen molar-refractivity contribution in [1.82, 2.24) is 20.3 Å². The Morgan fingerprint density at radius 2 is 1.61 bits per heavy atom. The van der Waals surface area contributed by atoms with Gasteiger partial charge in [0.25, 0.3) is 0 Å². The molecular weight excluding hydrogens is 717 g/mol. The van der Waals surface area contributed by atoms with Crippen LogP contribution in [-0.4, -0.2) is 52.7 Å². The number of allylic oxidation sites excluding steroid dienone is 2. The highest BCUT2D eigenvalue weighted by Gasteiger charge is 2.48. The van der Waals surface area contributed by atoms with Gasteiger partial charge in [0.1, 0.15) is 5.92 Å². The van der Waals surface area contributed by atoms with E-state index in [0.29, 0.717) is 64.4 Å². The molecule has 1 unspecified atom stereocenters. The van der Waals surface area contributed by atoms with Gasteiger partial charge in [0, 0.05) is 74.3 Å². The lowest BCUT2D eigenvalue weighted by Crippen LogP contribution is -2.25. The lowest BCUT2D eigenvalue weighted by Gasteiger charge is -2.20. The first-order valence-electron chi connectivity index (χ1n) is 20.8. The van der Waals surface area contributed by atoms with Gasteiger partial charge in [0.05, 0.1) is 24.8 Å². The molecule has 4 N–H and O–H groups in total. The van der Waals surface area contributed by atoms with Crippen LogP contribution in [0.4, 0.5) is 0 Å². The van der Waals surface area contributed by atoms with Gasteiger partial charge in [-0.3, -0.25) is 19.2 Å². The van der Waals surface area contributed by atoms with Crippen LogP contribution in [0.5, 0.6) is 0 Å². The van der Waals surface area contributed by atoms with E-state index >= 15 is 0 Å². The first-order valence-corrected chi connectivity index (χ1v) is 20.8. The van der Waals surface area contributed by atoms with Gasteiger partial charge in [0.15, 0.2) is 12.1 Å². The number of ketones is 1. The molecule has 0 saturated carbocycles. The third-order valence-corrected chi connectivity index (χ3v) is 12.7. The molecule has 3 aliphatic rings. The number of aromatic nitrogens is 3. The molecule has 0 radical (unpaired) electrons. The summed E-state index contributed by atoms with van der Waals surface area (Å²) < 4.78 is 11.1. The molecule has 3 aromatic rings. The number of carbonyl (C=O) groups is 4. The lowest BCUT2D eigenvalue weighted by molar-refractivity contribution is -0.144. The molecule has 5 heterocycles. The minimum atomic E-state index is -1.18. The average Bonchev–Trinajstić information content (AvgIpc) is 3.94. The number of aldehydes is 1. The van der Waals surface area contributed by atoms with Crippen molar-refractivity contribution in [1.29, 1.82) is 0 Å². The van der Waals surface area contributed by atoms with Gasteiger partial charge in [-0.2, -0.15) is 0 Å². The van der Waals surface area contributed by atoms with E-state index in [1.165, 1.54) is 32.8 Å². The summed E-state index contributed by atoms with van der Waals surface area (Å²) in [6.07, 6.45) is 16.7. The maximum Gasteiger partial charge on any atom is 0.321 e. The Bertz CT molecular complexity index is 2260. The predicted molar refractivity (Wildman–Crippen MR) is 226 cm³/mol. The molecule has 1 fully saturated rings. The summed E-state index contributed by atoms with van der Waals surface area (Å²) in [5, 5.41) is 5.07. The Hall–Kier alpha value is -5.12. The van der Waals surface area contributed by atoms with Gasteiger partial charge in [-0.25, -0.2) is 0 Å². The Kier molecular flexibility index (Phi) is 12.8. The Morgan fingerprint density at radius 3 is 2.28 bits per heavy atom. The summed E-state index contributed by atoms with van der Waals surface area (Å²) in [5.41, 5.74) is 9.48. The highest BCUT2D eigenvalue weighted by molar-refractivity contribution is 6.24. The topological polar surface area (TPSA) is 146 Å². The quantitative estimate of drug-likeness (QED) is 0.0659. The summed E-state index contributed by atoms with van der Waals surface area (Å²) in [4.78, 5) is 64.3. The zero-order valence-corrected chi connectivity index (χ0v) is 35.0. The van der Waals surface area contributed by atoms with E-state index in [0.717, 1.165) is 69.9 Å².